The third kappa shape index (κ3) is 7.17. The molecule has 86 valence electrons. The number of hydrogen-bond acceptors (Lipinski definition) is 3. The molecule has 0 radical (unpaired) electrons. The van der Waals surface area contributed by atoms with Crippen molar-refractivity contribution in [3.05, 3.63) is 0 Å². The molecular weight excluding hydrogens is 190 g/mol. The van der Waals surface area contributed by atoms with E-state index >= 15 is 0 Å². The van der Waals surface area contributed by atoms with Crippen molar-refractivity contribution in [2.24, 2.45) is 0 Å². The van der Waals surface area contributed by atoms with Gasteiger partial charge >= 0.3 is 0 Å². The van der Waals surface area contributed by atoms with Gasteiger partial charge < -0.3 is 10.1 Å². The number of nitrogens with zero attached hydrogens (tertiary/aromatic N) is 1. The fraction of sp³-hybridized carbons (Fsp3) is 1.00. The average Bonchev–Trinajstić information content (AvgIpc) is 2.03. The van der Waals surface area contributed by atoms with Crippen LogP contribution in [0.2, 0.25) is 0 Å². The highest BCUT2D eigenvalue weighted by Crippen LogP contribution is 1.97. The third-order valence-corrected chi connectivity index (χ3v) is 1.84. The average molecular weight is 210 g/mol. The van der Waals surface area contributed by atoms with Crippen LogP contribution in [0.4, 0.5) is 8.78 Å². The summed E-state index contributed by atoms with van der Waals surface area (Å²) in [5.74, 6) is 0. The van der Waals surface area contributed by atoms with Crippen molar-refractivity contribution in [3.63, 3.8) is 0 Å². The molecule has 0 spiro atoms. The molecular formula is C9H20F2N2O. The van der Waals surface area contributed by atoms with E-state index in [1.807, 2.05) is 6.92 Å². The summed E-state index contributed by atoms with van der Waals surface area (Å²) >= 11 is 0. The van der Waals surface area contributed by atoms with Crippen LogP contribution in [0.5, 0.6) is 0 Å². The molecule has 14 heavy (non-hydrogen) atoms. The van der Waals surface area contributed by atoms with Crippen molar-refractivity contribution in [1.29, 1.82) is 0 Å². The Morgan fingerprint density at radius 3 is 2.43 bits per heavy atom. The number of halogens is 2. The lowest BCUT2D eigenvalue weighted by Crippen LogP contribution is -2.43. The van der Waals surface area contributed by atoms with Crippen molar-refractivity contribution < 1.29 is 13.5 Å². The first-order valence-corrected chi connectivity index (χ1v) is 4.79. The minimum absolute atomic E-state index is 0.119. The van der Waals surface area contributed by atoms with Crippen LogP contribution in [0.25, 0.3) is 0 Å². The summed E-state index contributed by atoms with van der Waals surface area (Å²) in [5.41, 5.74) is 0. The first-order valence-electron chi connectivity index (χ1n) is 4.79. The molecule has 0 amide bonds. The zero-order chi connectivity index (χ0) is 11.0. The van der Waals surface area contributed by atoms with E-state index in [1.165, 1.54) is 0 Å². The Hall–Kier alpha value is -0.260. The molecule has 1 atom stereocenters. The van der Waals surface area contributed by atoms with Gasteiger partial charge in [-0.2, -0.15) is 0 Å². The molecule has 0 aliphatic heterocycles. The van der Waals surface area contributed by atoms with Crippen LogP contribution in [0.15, 0.2) is 0 Å². The molecule has 3 nitrogen and oxygen atoms in total. The summed E-state index contributed by atoms with van der Waals surface area (Å²) in [7, 11) is 3.30. The van der Waals surface area contributed by atoms with E-state index in [-0.39, 0.29) is 12.6 Å². The predicted octanol–water partition coefficient (Wildman–Crippen LogP) is 0.808. The highest BCUT2D eigenvalue weighted by atomic mass is 19.3. The Bertz CT molecular complexity index is 130. The lowest BCUT2D eigenvalue weighted by molar-refractivity contribution is 0.0851. The summed E-state index contributed by atoms with van der Waals surface area (Å²) in [6.45, 7) is 3.73. The van der Waals surface area contributed by atoms with Gasteiger partial charge in [-0.25, -0.2) is 8.78 Å². The molecule has 0 aliphatic rings. The Morgan fingerprint density at radius 1 is 1.36 bits per heavy atom. The second-order valence-electron chi connectivity index (χ2n) is 3.32. The van der Waals surface area contributed by atoms with Crippen molar-refractivity contribution in [1.82, 2.24) is 10.2 Å². The molecule has 0 fully saturated rings. The zero-order valence-electron chi connectivity index (χ0n) is 9.09. The monoisotopic (exact) mass is 210 g/mol. The highest BCUT2D eigenvalue weighted by Gasteiger charge is 2.13. The number of ether oxygens (including phenoxy) is 1. The number of likely N-dealkylation sites (N-methyl/N-ethyl adjacent to an activating group) is 2. The number of nitrogens with one attached hydrogen (secondary N) is 1. The first-order chi connectivity index (χ1) is 6.60. The molecule has 0 aromatic heterocycles. The van der Waals surface area contributed by atoms with E-state index in [1.54, 1.807) is 19.1 Å². The van der Waals surface area contributed by atoms with Gasteiger partial charge in [0.05, 0.1) is 13.2 Å². The van der Waals surface area contributed by atoms with Gasteiger partial charge in [-0.1, -0.05) is 6.92 Å². The zero-order valence-corrected chi connectivity index (χ0v) is 9.09. The minimum Gasteiger partial charge on any atom is -0.383 e. The van der Waals surface area contributed by atoms with Crippen LogP contribution in [0.3, 0.4) is 0 Å². The summed E-state index contributed by atoms with van der Waals surface area (Å²) in [5, 5.41) is 3.18. The van der Waals surface area contributed by atoms with Gasteiger partial charge in [-0.05, 0) is 13.6 Å². The van der Waals surface area contributed by atoms with E-state index in [4.69, 9.17) is 4.74 Å². The molecule has 0 bridgehead atoms. The van der Waals surface area contributed by atoms with Crippen LogP contribution >= 0.6 is 0 Å². The standard InChI is InChI=1S/C9H20F2N2O/c1-4-12-8(7-14-3)5-13(2)6-9(10)11/h8-9,12H,4-7H2,1-3H3. The molecule has 0 saturated heterocycles. The van der Waals surface area contributed by atoms with Gasteiger partial charge in [0.1, 0.15) is 0 Å². The molecule has 1 N–H and O–H groups in total. The van der Waals surface area contributed by atoms with E-state index in [0.29, 0.717) is 13.2 Å². The molecule has 0 aromatic carbocycles. The number of hydrogen-bond donors (Lipinski definition) is 1. The minimum atomic E-state index is -2.27. The summed E-state index contributed by atoms with van der Waals surface area (Å²) in [6.07, 6.45) is -2.27. The Morgan fingerprint density at radius 2 is 2.00 bits per heavy atom. The first kappa shape index (κ1) is 13.7. The van der Waals surface area contributed by atoms with Crippen LogP contribution < -0.4 is 5.32 Å². The normalized spacial score (nSPS) is 13.9. The lowest BCUT2D eigenvalue weighted by atomic mass is 10.3. The van der Waals surface area contributed by atoms with Gasteiger partial charge in [0.15, 0.2) is 0 Å². The Kier molecular flexibility index (Phi) is 7.93. The van der Waals surface area contributed by atoms with Gasteiger partial charge in [0.25, 0.3) is 6.43 Å². The van der Waals surface area contributed by atoms with E-state index in [9.17, 15) is 8.78 Å². The van der Waals surface area contributed by atoms with Gasteiger partial charge in [0.2, 0.25) is 0 Å². The Labute approximate surface area is 84.4 Å². The fourth-order valence-electron chi connectivity index (χ4n) is 1.35. The Balaban J connectivity index is 3.76. The van der Waals surface area contributed by atoms with E-state index < -0.39 is 6.43 Å². The summed E-state index contributed by atoms with van der Waals surface area (Å²) in [4.78, 5) is 1.61. The van der Waals surface area contributed by atoms with Crippen LogP contribution in [0, 0.1) is 0 Å². The van der Waals surface area contributed by atoms with E-state index in [2.05, 4.69) is 5.32 Å². The largest absolute Gasteiger partial charge is 0.383 e. The highest BCUT2D eigenvalue weighted by molar-refractivity contribution is 4.69. The number of methoxy groups -OCH3 is 1. The molecule has 0 rings (SSSR count). The number of rotatable bonds is 8. The smallest absolute Gasteiger partial charge is 0.251 e. The maximum Gasteiger partial charge on any atom is 0.251 e. The van der Waals surface area contributed by atoms with Gasteiger partial charge in [-0.3, -0.25) is 4.90 Å². The van der Waals surface area contributed by atoms with E-state index in [0.717, 1.165) is 6.54 Å². The molecule has 0 aliphatic carbocycles. The van der Waals surface area contributed by atoms with Crippen molar-refractivity contribution in [2.45, 2.75) is 19.4 Å². The third-order valence-electron chi connectivity index (χ3n) is 1.84. The summed E-state index contributed by atoms with van der Waals surface area (Å²) in [6, 6.07) is 0.119. The topological polar surface area (TPSA) is 24.5 Å². The number of alkyl halides is 2. The molecule has 1 unspecified atom stereocenters. The predicted molar refractivity (Wildman–Crippen MR) is 52.8 cm³/mol. The molecule has 5 heteroatoms. The fourth-order valence-corrected chi connectivity index (χ4v) is 1.35. The van der Waals surface area contributed by atoms with Crippen molar-refractivity contribution in [2.75, 3.05) is 40.4 Å². The second-order valence-corrected chi connectivity index (χ2v) is 3.32. The van der Waals surface area contributed by atoms with Gasteiger partial charge in [0, 0.05) is 19.7 Å². The van der Waals surface area contributed by atoms with Crippen LogP contribution in [0.1, 0.15) is 6.92 Å². The maximum atomic E-state index is 12.0. The van der Waals surface area contributed by atoms with Crippen molar-refractivity contribution >= 4 is 0 Å². The van der Waals surface area contributed by atoms with Crippen LogP contribution in [-0.2, 0) is 4.74 Å². The van der Waals surface area contributed by atoms with Crippen LogP contribution in [-0.4, -0.2) is 57.8 Å². The lowest BCUT2D eigenvalue weighted by Gasteiger charge is -2.23. The molecule has 0 aromatic rings. The SMILES string of the molecule is CCNC(COC)CN(C)CC(F)F. The second kappa shape index (κ2) is 8.08. The molecule has 0 saturated carbocycles. The molecule has 0 heterocycles. The quantitative estimate of drug-likeness (QED) is 0.641. The maximum absolute atomic E-state index is 12.0. The summed E-state index contributed by atoms with van der Waals surface area (Å²) < 4.78 is 29.0. The van der Waals surface area contributed by atoms with Gasteiger partial charge in [-0.15, -0.1) is 0 Å². The van der Waals surface area contributed by atoms with Crippen molar-refractivity contribution in [3.8, 4) is 0 Å².